The van der Waals surface area contributed by atoms with E-state index >= 15 is 0 Å². The predicted molar refractivity (Wildman–Crippen MR) is 166 cm³/mol. The number of likely N-dealkylation sites (N-methyl/N-ethyl adjacent to an activating group) is 1. The molecule has 0 spiro atoms. The second-order valence-corrected chi connectivity index (χ2v) is 12.3. The number of carbonyl (C=O) groups excluding carboxylic acids is 1. The maximum absolute atomic E-state index is 13.2. The van der Waals surface area contributed by atoms with Gasteiger partial charge in [0, 0.05) is 79.4 Å². The van der Waals surface area contributed by atoms with Crippen LogP contribution in [-0.4, -0.2) is 82.7 Å². The lowest BCUT2D eigenvalue weighted by Crippen LogP contribution is -2.44. The Hall–Kier alpha value is -3.68. The molecule has 1 saturated carbocycles. The molecular formula is C34H41N5O2. The van der Waals surface area contributed by atoms with E-state index in [2.05, 4.69) is 53.0 Å². The molecule has 0 radical (unpaired) electrons. The fourth-order valence-corrected chi connectivity index (χ4v) is 6.41. The van der Waals surface area contributed by atoms with Crippen LogP contribution in [0.1, 0.15) is 48.5 Å². The van der Waals surface area contributed by atoms with Gasteiger partial charge in [0.15, 0.2) is 0 Å². The number of hydrogen-bond donors (Lipinski definition) is 2. The number of aromatic nitrogens is 2. The largest absolute Gasteiger partial charge is 0.390 e. The van der Waals surface area contributed by atoms with Crippen molar-refractivity contribution in [3.63, 3.8) is 0 Å². The Kier molecular flexibility index (Phi) is 7.34. The maximum Gasteiger partial charge on any atom is 0.253 e. The molecular weight excluding hydrogens is 510 g/mol. The van der Waals surface area contributed by atoms with Gasteiger partial charge < -0.3 is 24.8 Å². The van der Waals surface area contributed by atoms with Crippen molar-refractivity contribution in [2.75, 3.05) is 45.2 Å². The molecule has 0 atom stereocenters. The number of anilines is 1. The average Bonchev–Trinajstić information content (AvgIpc) is 3.40. The van der Waals surface area contributed by atoms with Crippen LogP contribution in [0.3, 0.4) is 0 Å². The summed E-state index contributed by atoms with van der Waals surface area (Å²) < 4.78 is 0. The van der Waals surface area contributed by atoms with Gasteiger partial charge in [0.05, 0.1) is 5.60 Å². The van der Waals surface area contributed by atoms with Gasteiger partial charge in [-0.05, 0) is 93.6 Å². The smallest absolute Gasteiger partial charge is 0.253 e. The topological polar surface area (TPSA) is 75.7 Å². The van der Waals surface area contributed by atoms with E-state index in [1.165, 1.54) is 11.3 Å². The Labute approximate surface area is 242 Å². The molecule has 2 N–H and O–H groups in total. The number of hydrogen-bond acceptors (Lipinski definition) is 5. The van der Waals surface area contributed by atoms with Crippen LogP contribution in [0.4, 0.5) is 5.69 Å². The lowest BCUT2D eigenvalue weighted by molar-refractivity contribution is -0.000211. The fourth-order valence-electron chi connectivity index (χ4n) is 6.41. The van der Waals surface area contributed by atoms with Crippen LogP contribution in [-0.2, 0) is 0 Å². The lowest BCUT2D eigenvalue weighted by atomic mass is 9.83. The second kappa shape index (κ2) is 11.0. The number of carbonyl (C=O) groups is 1. The molecule has 2 aromatic carbocycles. The van der Waals surface area contributed by atoms with Gasteiger partial charge in [-0.3, -0.25) is 4.79 Å². The number of fused-ring (bicyclic) bond motifs is 1. The average molecular weight is 552 g/mol. The van der Waals surface area contributed by atoms with Crippen molar-refractivity contribution in [2.24, 2.45) is 0 Å². The van der Waals surface area contributed by atoms with E-state index in [0.29, 0.717) is 5.56 Å². The molecule has 2 aromatic heterocycles. The summed E-state index contributed by atoms with van der Waals surface area (Å²) in [6, 6.07) is 17.0. The van der Waals surface area contributed by atoms with E-state index in [4.69, 9.17) is 4.98 Å². The number of benzene rings is 2. The maximum atomic E-state index is 13.2. The Balaban J connectivity index is 1.21. The van der Waals surface area contributed by atoms with Crippen LogP contribution in [0, 0.1) is 6.92 Å². The summed E-state index contributed by atoms with van der Waals surface area (Å²) in [7, 11) is 4.07. The van der Waals surface area contributed by atoms with Crippen molar-refractivity contribution < 1.29 is 9.90 Å². The van der Waals surface area contributed by atoms with E-state index < -0.39 is 5.60 Å². The van der Waals surface area contributed by atoms with E-state index in [-0.39, 0.29) is 11.9 Å². The molecule has 1 amide bonds. The van der Waals surface area contributed by atoms with Crippen LogP contribution in [0.15, 0.2) is 60.9 Å². The Morgan fingerprint density at radius 2 is 1.68 bits per heavy atom. The highest BCUT2D eigenvalue weighted by atomic mass is 16.3. The van der Waals surface area contributed by atoms with Crippen LogP contribution < -0.4 is 4.90 Å². The Bertz CT molecular complexity index is 1540. The molecule has 6 rings (SSSR count). The minimum atomic E-state index is -0.608. The SMILES string of the molecule is Cc1cc(-c2cnc3[nH]cc(-c4ccc(C(=O)N(C)[C@H]5CC[C@](C)(O)CC5)cc4)c3c2)ccc1N1CCN(C)CC1. The van der Waals surface area contributed by atoms with Gasteiger partial charge in [0.2, 0.25) is 0 Å². The molecule has 41 heavy (non-hydrogen) atoms. The Morgan fingerprint density at radius 3 is 2.37 bits per heavy atom. The molecule has 7 nitrogen and oxygen atoms in total. The van der Waals surface area contributed by atoms with Crippen LogP contribution in [0.2, 0.25) is 0 Å². The molecule has 3 heterocycles. The first kappa shape index (κ1) is 27.5. The van der Waals surface area contributed by atoms with E-state index in [0.717, 1.165) is 85.1 Å². The van der Waals surface area contributed by atoms with Gasteiger partial charge in [-0.1, -0.05) is 18.2 Å². The first-order valence-corrected chi connectivity index (χ1v) is 14.8. The van der Waals surface area contributed by atoms with Crippen molar-refractivity contribution in [1.82, 2.24) is 19.8 Å². The van der Waals surface area contributed by atoms with Gasteiger partial charge in [0.25, 0.3) is 5.91 Å². The van der Waals surface area contributed by atoms with E-state index in [1.54, 1.807) is 0 Å². The summed E-state index contributed by atoms with van der Waals surface area (Å²) in [5, 5.41) is 11.3. The summed E-state index contributed by atoms with van der Waals surface area (Å²) in [4.78, 5) is 28.0. The first-order valence-electron chi connectivity index (χ1n) is 14.8. The minimum absolute atomic E-state index is 0.0290. The molecule has 1 aliphatic carbocycles. The highest BCUT2D eigenvalue weighted by Gasteiger charge is 2.32. The number of pyridine rings is 1. The normalized spacial score (nSPS) is 21.8. The number of piperazine rings is 1. The number of aryl methyl sites for hydroxylation is 1. The molecule has 0 unspecified atom stereocenters. The van der Waals surface area contributed by atoms with Crippen molar-refractivity contribution in [1.29, 1.82) is 0 Å². The van der Waals surface area contributed by atoms with Crippen molar-refractivity contribution in [3.8, 4) is 22.3 Å². The number of aromatic amines is 1. The minimum Gasteiger partial charge on any atom is -0.390 e. The molecule has 1 saturated heterocycles. The number of rotatable bonds is 5. The third-order valence-corrected chi connectivity index (χ3v) is 9.25. The van der Waals surface area contributed by atoms with Crippen LogP contribution >= 0.6 is 0 Å². The third kappa shape index (κ3) is 5.61. The summed E-state index contributed by atoms with van der Waals surface area (Å²) in [5.41, 5.74) is 7.89. The predicted octanol–water partition coefficient (Wildman–Crippen LogP) is 5.72. The summed E-state index contributed by atoms with van der Waals surface area (Å²) in [6.45, 7) is 8.38. The molecule has 214 valence electrons. The zero-order valence-electron chi connectivity index (χ0n) is 24.7. The number of nitrogens with one attached hydrogen (secondary N) is 1. The molecule has 0 bridgehead atoms. The monoisotopic (exact) mass is 551 g/mol. The van der Waals surface area contributed by atoms with Crippen LogP contribution in [0.5, 0.6) is 0 Å². The summed E-state index contributed by atoms with van der Waals surface area (Å²) >= 11 is 0. The standard InChI is InChI=1S/C34H41N5O2/c1-23-19-26(9-10-31(23)39-17-15-37(3)16-18-39)27-20-29-30(22-36-32(29)35-21-27)24-5-7-25(8-6-24)33(40)38(4)28-11-13-34(2,41)14-12-28/h5-10,19-22,28,41H,11-18H2,1-4H3,(H,35,36)/t28-,34-. The van der Waals surface area contributed by atoms with Crippen LogP contribution in [0.25, 0.3) is 33.3 Å². The summed E-state index contributed by atoms with van der Waals surface area (Å²) in [5.74, 6) is 0.0290. The molecule has 1 aliphatic heterocycles. The molecule has 7 heteroatoms. The second-order valence-electron chi connectivity index (χ2n) is 12.3. The Morgan fingerprint density at radius 1 is 1.00 bits per heavy atom. The van der Waals surface area contributed by atoms with Gasteiger partial charge in [-0.15, -0.1) is 0 Å². The van der Waals surface area contributed by atoms with Crippen molar-refractivity contribution >= 4 is 22.6 Å². The quantitative estimate of drug-likeness (QED) is 0.332. The van der Waals surface area contributed by atoms with Gasteiger partial charge in [-0.25, -0.2) is 4.98 Å². The van der Waals surface area contributed by atoms with Crippen molar-refractivity contribution in [2.45, 2.75) is 51.2 Å². The highest BCUT2D eigenvalue weighted by molar-refractivity contribution is 5.98. The number of nitrogens with zero attached hydrogens (tertiary/aromatic N) is 4. The lowest BCUT2D eigenvalue weighted by Gasteiger charge is -2.37. The third-order valence-electron chi connectivity index (χ3n) is 9.25. The number of amides is 1. The fraction of sp³-hybridized carbons (Fsp3) is 0.412. The van der Waals surface area contributed by atoms with E-state index in [9.17, 15) is 9.90 Å². The molecule has 4 aromatic rings. The van der Waals surface area contributed by atoms with Gasteiger partial charge in [0.1, 0.15) is 5.65 Å². The molecule has 2 aliphatic rings. The molecule has 2 fully saturated rings. The zero-order chi connectivity index (χ0) is 28.7. The van der Waals surface area contributed by atoms with Gasteiger partial charge >= 0.3 is 0 Å². The van der Waals surface area contributed by atoms with Gasteiger partial charge in [-0.2, -0.15) is 0 Å². The highest BCUT2D eigenvalue weighted by Crippen LogP contribution is 2.34. The van der Waals surface area contributed by atoms with Crippen molar-refractivity contribution in [3.05, 3.63) is 72.1 Å². The van der Waals surface area contributed by atoms with E-state index in [1.807, 2.05) is 55.5 Å². The number of H-pyrrole nitrogens is 1. The first-order chi connectivity index (χ1) is 19.7. The number of aliphatic hydroxyl groups is 1. The summed E-state index contributed by atoms with van der Waals surface area (Å²) in [6.07, 6.45) is 7.05. The zero-order valence-corrected chi connectivity index (χ0v) is 24.7.